The van der Waals surface area contributed by atoms with E-state index in [0.29, 0.717) is 26.4 Å². The molecule has 6 heteroatoms. The molecule has 0 aliphatic heterocycles. The van der Waals surface area contributed by atoms with Gasteiger partial charge in [-0.2, -0.15) is 0 Å². The SMILES string of the molecule is CCO[Si](OCC)(OCC)OCC(c1ccc(OC)cc1)C(C)(C)C. The van der Waals surface area contributed by atoms with Crippen LogP contribution in [0.25, 0.3) is 0 Å². The molecule has 1 unspecified atom stereocenters. The molecule has 1 atom stereocenters. The molecule has 0 aromatic heterocycles. The van der Waals surface area contributed by atoms with Gasteiger partial charge in [-0.1, -0.05) is 32.9 Å². The maximum absolute atomic E-state index is 6.19. The van der Waals surface area contributed by atoms with Gasteiger partial charge in [-0.15, -0.1) is 0 Å². The number of methoxy groups -OCH3 is 1. The van der Waals surface area contributed by atoms with Gasteiger partial charge >= 0.3 is 9.05 Å². The van der Waals surface area contributed by atoms with Crippen LogP contribution in [0.5, 0.6) is 5.75 Å². The lowest BCUT2D eigenvalue weighted by Gasteiger charge is -2.34. The first-order valence-electron chi connectivity index (χ1n) is 9.01. The van der Waals surface area contributed by atoms with Gasteiger partial charge in [0.05, 0.1) is 7.11 Å². The van der Waals surface area contributed by atoms with Crippen molar-refractivity contribution in [2.45, 2.75) is 47.5 Å². The molecule has 0 amide bonds. The molecule has 1 rings (SSSR count). The summed E-state index contributed by atoms with van der Waals surface area (Å²) in [5.41, 5.74) is 1.21. The smallest absolute Gasteiger partial charge is 0.497 e. The monoisotopic (exact) mass is 370 g/mol. The first-order chi connectivity index (χ1) is 11.8. The Morgan fingerprint density at radius 3 is 1.68 bits per heavy atom. The van der Waals surface area contributed by atoms with Crippen LogP contribution in [0, 0.1) is 5.41 Å². The highest BCUT2D eigenvalue weighted by Crippen LogP contribution is 2.36. The van der Waals surface area contributed by atoms with Crippen molar-refractivity contribution >= 4 is 9.05 Å². The lowest BCUT2D eigenvalue weighted by atomic mass is 9.77. The van der Waals surface area contributed by atoms with Crippen LogP contribution < -0.4 is 4.74 Å². The highest BCUT2D eigenvalue weighted by atomic mass is 28.4. The summed E-state index contributed by atoms with van der Waals surface area (Å²) >= 11 is 0. The molecule has 0 spiro atoms. The number of rotatable bonds is 11. The Labute approximate surface area is 154 Å². The normalized spacial score (nSPS) is 13.7. The van der Waals surface area contributed by atoms with Gasteiger partial charge < -0.3 is 22.4 Å². The first kappa shape index (κ1) is 22.1. The topological polar surface area (TPSA) is 46.2 Å². The molecule has 144 valence electrons. The quantitative estimate of drug-likeness (QED) is 0.541. The molecule has 0 N–H and O–H groups in total. The summed E-state index contributed by atoms with van der Waals surface area (Å²) in [7, 11) is -1.44. The van der Waals surface area contributed by atoms with Crippen LogP contribution in [0.15, 0.2) is 24.3 Å². The summed E-state index contributed by atoms with van der Waals surface area (Å²) in [6.07, 6.45) is 0. The van der Waals surface area contributed by atoms with Gasteiger partial charge in [0.1, 0.15) is 5.75 Å². The highest BCUT2D eigenvalue weighted by molar-refractivity contribution is 6.53. The molecule has 0 saturated heterocycles. The molecule has 25 heavy (non-hydrogen) atoms. The average Bonchev–Trinajstić information content (AvgIpc) is 2.55. The lowest BCUT2D eigenvalue weighted by molar-refractivity contribution is -0.0349. The van der Waals surface area contributed by atoms with Crippen LogP contribution in [0.1, 0.15) is 53.0 Å². The van der Waals surface area contributed by atoms with Crippen LogP contribution in [0.4, 0.5) is 0 Å². The van der Waals surface area contributed by atoms with E-state index < -0.39 is 9.05 Å². The second-order valence-corrected chi connectivity index (χ2v) is 8.96. The van der Waals surface area contributed by atoms with Crippen molar-refractivity contribution < 1.29 is 22.4 Å². The fraction of sp³-hybridized carbons (Fsp3) is 0.684. The lowest BCUT2D eigenvalue weighted by Crippen LogP contribution is -2.50. The highest BCUT2D eigenvalue weighted by Gasteiger charge is 2.46. The molecular formula is C19H34O5Si. The minimum absolute atomic E-state index is 0.0133. The zero-order chi connectivity index (χ0) is 18.9. The number of hydrogen-bond donors (Lipinski definition) is 0. The Bertz CT molecular complexity index is 467. The Morgan fingerprint density at radius 2 is 1.32 bits per heavy atom. The van der Waals surface area contributed by atoms with Crippen molar-refractivity contribution in [1.82, 2.24) is 0 Å². The Kier molecular flexibility index (Phi) is 9.10. The molecule has 5 nitrogen and oxygen atoms in total. The van der Waals surface area contributed by atoms with Crippen molar-refractivity contribution in [3.05, 3.63) is 29.8 Å². The minimum Gasteiger partial charge on any atom is -0.497 e. The van der Waals surface area contributed by atoms with E-state index in [-0.39, 0.29) is 11.3 Å². The predicted octanol–water partition coefficient (Wildman–Crippen LogP) is 4.39. The molecule has 0 bridgehead atoms. The number of hydrogen-bond acceptors (Lipinski definition) is 5. The summed E-state index contributed by atoms with van der Waals surface area (Å²) in [6.45, 7) is 14.3. The van der Waals surface area contributed by atoms with E-state index >= 15 is 0 Å². The van der Waals surface area contributed by atoms with E-state index in [1.54, 1.807) is 7.11 Å². The van der Waals surface area contributed by atoms with Crippen molar-refractivity contribution in [2.75, 3.05) is 33.5 Å². The largest absolute Gasteiger partial charge is 0.679 e. The molecule has 0 saturated carbocycles. The third-order valence-corrected chi connectivity index (χ3v) is 6.40. The van der Waals surface area contributed by atoms with Crippen molar-refractivity contribution in [2.24, 2.45) is 5.41 Å². The van der Waals surface area contributed by atoms with Gasteiger partial charge in [0.15, 0.2) is 0 Å². The second-order valence-electron chi connectivity index (χ2n) is 6.80. The van der Waals surface area contributed by atoms with Crippen molar-refractivity contribution in [3.63, 3.8) is 0 Å². The van der Waals surface area contributed by atoms with E-state index in [9.17, 15) is 0 Å². The molecule has 1 aromatic carbocycles. The van der Waals surface area contributed by atoms with Gasteiger partial charge in [-0.05, 0) is 43.9 Å². The molecule has 0 aliphatic carbocycles. The second kappa shape index (κ2) is 10.3. The van der Waals surface area contributed by atoms with Gasteiger partial charge in [0, 0.05) is 32.3 Å². The first-order valence-corrected chi connectivity index (χ1v) is 10.6. The maximum atomic E-state index is 6.19. The standard InChI is InChI=1S/C19H34O5Si/c1-8-21-25(22-9-2,23-10-3)24-15-18(19(4,5)6)16-11-13-17(20-7)14-12-16/h11-14,18H,8-10,15H2,1-7H3. The molecule has 0 radical (unpaired) electrons. The molecule has 0 fully saturated rings. The zero-order valence-corrected chi connectivity index (χ0v) is 17.8. The summed E-state index contributed by atoms with van der Waals surface area (Å²) in [4.78, 5) is 0. The predicted molar refractivity (Wildman–Crippen MR) is 102 cm³/mol. The molecule has 0 heterocycles. The van der Waals surface area contributed by atoms with E-state index in [0.717, 1.165) is 5.75 Å². The van der Waals surface area contributed by atoms with Crippen LogP contribution in [0.3, 0.4) is 0 Å². The van der Waals surface area contributed by atoms with Crippen LogP contribution in [-0.2, 0) is 17.7 Å². The summed E-state index contributed by atoms with van der Waals surface area (Å²) in [5, 5.41) is 0. The van der Waals surface area contributed by atoms with Gasteiger partial charge in [-0.25, -0.2) is 0 Å². The van der Waals surface area contributed by atoms with E-state index in [2.05, 4.69) is 32.9 Å². The number of benzene rings is 1. The van der Waals surface area contributed by atoms with Crippen molar-refractivity contribution in [1.29, 1.82) is 0 Å². The van der Waals surface area contributed by atoms with Crippen LogP contribution in [0.2, 0.25) is 0 Å². The van der Waals surface area contributed by atoms with Crippen molar-refractivity contribution in [3.8, 4) is 5.75 Å². The van der Waals surface area contributed by atoms with E-state index in [1.807, 2.05) is 32.9 Å². The van der Waals surface area contributed by atoms with Gasteiger partial charge in [0.25, 0.3) is 0 Å². The Balaban J connectivity index is 2.99. The maximum Gasteiger partial charge on any atom is 0.679 e. The number of ether oxygens (including phenoxy) is 1. The fourth-order valence-electron chi connectivity index (χ4n) is 2.65. The summed E-state index contributed by atoms with van der Waals surface area (Å²) in [6, 6.07) is 8.13. The summed E-state index contributed by atoms with van der Waals surface area (Å²) in [5.74, 6) is 1.02. The third kappa shape index (κ3) is 6.71. The third-order valence-electron chi connectivity index (χ3n) is 3.95. The minimum atomic E-state index is -3.11. The Hall–Kier alpha value is -0.923. The fourth-order valence-corrected chi connectivity index (χ4v) is 4.58. The molecule has 0 aliphatic rings. The Morgan fingerprint density at radius 1 is 0.840 bits per heavy atom. The van der Waals surface area contributed by atoms with E-state index in [4.69, 9.17) is 22.4 Å². The van der Waals surface area contributed by atoms with Crippen LogP contribution in [-0.4, -0.2) is 42.6 Å². The van der Waals surface area contributed by atoms with Gasteiger partial charge in [0.2, 0.25) is 0 Å². The van der Waals surface area contributed by atoms with Crippen LogP contribution >= 0.6 is 0 Å². The van der Waals surface area contributed by atoms with E-state index in [1.165, 1.54) is 5.56 Å². The molecule has 1 aromatic rings. The zero-order valence-electron chi connectivity index (χ0n) is 16.8. The molecular weight excluding hydrogens is 336 g/mol. The average molecular weight is 371 g/mol. The summed E-state index contributed by atoms with van der Waals surface area (Å²) < 4.78 is 28.8. The van der Waals surface area contributed by atoms with Gasteiger partial charge in [-0.3, -0.25) is 0 Å².